The summed E-state index contributed by atoms with van der Waals surface area (Å²) in [6.07, 6.45) is 10.9. The van der Waals surface area contributed by atoms with Crippen molar-refractivity contribution >= 4 is 26.5 Å². The summed E-state index contributed by atoms with van der Waals surface area (Å²) < 4.78 is 0. The molecule has 0 saturated carbocycles. The summed E-state index contributed by atoms with van der Waals surface area (Å²) in [5.41, 5.74) is 3.17. The van der Waals surface area contributed by atoms with Crippen molar-refractivity contribution in [3.8, 4) is 0 Å². The van der Waals surface area contributed by atoms with Gasteiger partial charge in [0, 0.05) is 16.1 Å². The first-order chi connectivity index (χ1) is 13.5. The Morgan fingerprint density at radius 2 is 1.06 bits per heavy atom. The van der Waals surface area contributed by atoms with Crippen LogP contribution in [0.4, 0.5) is 0 Å². The van der Waals surface area contributed by atoms with E-state index in [1.807, 2.05) is 0 Å². The molecule has 2 heterocycles. The maximum atomic E-state index is 2.55. The van der Waals surface area contributed by atoms with E-state index in [1.165, 1.54) is 75.5 Å². The van der Waals surface area contributed by atoms with Gasteiger partial charge in [0.05, 0.1) is 0 Å². The fraction of sp³-hybridized carbons (Fsp3) is 0.615. The minimum absolute atomic E-state index is 0. The average molecular weight is 573 g/mol. The SMILES string of the molecule is CCCC[c-]1ccc([Si]2(C)CCC2)c1.CCCC[c-]1ccc([Si]2(C)CCC2)c1.[Cl-].[Cl-].[Zr+4]. The Hall–Kier alpha value is 0.597. The molecule has 0 unspecified atom stereocenters. The molecule has 2 fully saturated rings. The molecule has 2 aliphatic heterocycles. The third kappa shape index (κ3) is 8.39. The van der Waals surface area contributed by atoms with Gasteiger partial charge in [-0.05, 0) is 0 Å². The molecule has 0 bridgehead atoms. The van der Waals surface area contributed by atoms with Gasteiger partial charge in [-0.2, -0.15) is 35.4 Å². The molecule has 0 atom stereocenters. The summed E-state index contributed by atoms with van der Waals surface area (Å²) in [7, 11) is -1.78. The molecule has 0 radical (unpaired) electrons. The van der Waals surface area contributed by atoms with E-state index in [0.717, 1.165) is 0 Å². The van der Waals surface area contributed by atoms with Crippen LogP contribution in [0.3, 0.4) is 0 Å². The first-order valence-corrected chi connectivity index (χ1v) is 17.8. The zero-order valence-corrected chi connectivity index (χ0v) is 26.2. The number of aryl methyl sites for hydroxylation is 2. The van der Waals surface area contributed by atoms with Crippen molar-refractivity contribution in [2.24, 2.45) is 0 Å². The Bertz CT molecular complexity index is 667. The van der Waals surface area contributed by atoms with Gasteiger partial charge in [0.15, 0.2) is 0 Å². The summed E-state index contributed by atoms with van der Waals surface area (Å²) in [6, 6.07) is 20.7. The van der Waals surface area contributed by atoms with Crippen molar-refractivity contribution < 1.29 is 51.0 Å². The predicted octanol–water partition coefficient (Wildman–Crippen LogP) is 0.880. The van der Waals surface area contributed by atoms with Gasteiger partial charge in [0.2, 0.25) is 0 Å². The third-order valence-corrected chi connectivity index (χ3v) is 16.8. The van der Waals surface area contributed by atoms with Crippen LogP contribution in [0.2, 0.25) is 37.3 Å². The molecule has 0 aliphatic carbocycles. The first kappa shape index (κ1) is 31.6. The van der Waals surface area contributed by atoms with Gasteiger partial charge in [0.25, 0.3) is 0 Å². The van der Waals surface area contributed by atoms with Crippen LogP contribution in [0.1, 0.15) is 63.5 Å². The van der Waals surface area contributed by atoms with Crippen LogP contribution in [-0.2, 0) is 39.0 Å². The van der Waals surface area contributed by atoms with Crippen molar-refractivity contribution in [1.82, 2.24) is 0 Å². The van der Waals surface area contributed by atoms with E-state index in [4.69, 9.17) is 0 Å². The Labute approximate surface area is 226 Å². The second-order valence-electron chi connectivity index (χ2n) is 10.1. The van der Waals surface area contributed by atoms with Crippen LogP contribution in [-0.4, -0.2) is 16.1 Å². The summed E-state index contributed by atoms with van der Waals surface area (Å²) in [5.74, 6) is 0. The van der Waals surface area contributed by atoms with E-state index in [0.29, 0.717) is 0 Å². The van der Waals surface area contributed by atoms with Crippen molar-refractivity contribution in [3.05, 3.63) is 47.5 Å². The van der Waals surface area contributed by atoms with Crippen LogP contribution >= 0.6 is 0 Å². The number of hydrogen-bond donors (Lipinski definition) is 0. The van der Waals surface area contributed by atoms with Crippen molar-refractivity contribution in [3.63, 3.8) is 0 Å². The molecular formula is C26H42Cl2Si2Zr. The smallest absolute Gasteiger partial charge is 1.00 e. The topological polar surface area (TPSA) is 0 Å². The zero-order valence-electron chi connectivity index (χ0n) is 20.2. The standard InChI is InChI=1S/2C13H21Si.2ClH.Zr/c2*1-3-4-6-12-7-8-13(11-12)14(2)9-5-10-14;;;/h2*7-8,11H,3-6,9-10H2,1-2H3;2*1H;/q2*-1;;;+4/p-2. The van der Waals surface area contributed by atoms with E-state index in [9.17, 15) is 0 Å². The quantitative estimate of drug-likeness (QED) is 0.326. The summed E-state index contributed by atoms with van der Waals surface area (Å²) in [6.45, 7) is 9.64. The van der Waals surface area contributed by atoms with E-state index < -0.39 is 16.1 Å². The average Bonchev–Trinajstić information content (AvgIpc) is 3.31. The van der Waals surface area contributed by atoms with Crippen molar-refractivity contribution in [1.29, 1.82) is 0 Å². The summed E-state index contributed by atoms with van der Waals surface area (Å²) >= 11 is 0. The van der Waals surface area contributed by atoms with Crippen molar-refractivity contribution in [2.45, 2.75) is 102 Å². The third-order valence-electron chi connectivity index (χ3n) is 7.58. The second kappa shape index (κ2) is 14.8. The number of rotatable bonds is 8. The minimum atomic E-state index is -0.891. The van der Waals surface area contributed by atoms with Gasteiger partial charge in [-0.25, -0.2) is 22.5 Å². The Balaban J connectivity index is 0.000000529. The molecule has 0 nitrogen and oxygen atoms in total. The summed E-state index contributed by atoms with van der Waals surface area (Å²) in [5, 5.41) is 3.46. The van der Waals surface area contributed by atoms with Crippen molar-refractivity contribution in [2.75, 3.05) is 0 Å². The molecular weight excluding hydrogens is 531 g/mol. The summed E-state index contributed by atoms with van der Waals surface area (Å²) in [4.78, 5) is 0. The molecule has 0 spiro atoms. The zero-order chi connectivity index (χ0) is 20.0. The van der Waals surface area contributed by atoms with E-state index in [2.05, 4.69) is 63.3 Å². The van der Waals surface area contributed by atoms with E-state index in [-0.39, 0.29) is 51.0 Å². The van der Waals surface area contributed by atoms with Crippen LogP contribution < -0.4 is 35.2 Å². The Morgan fingerprint density at radius 3 is 1.32 bits per heavy atom. The fourth-order valence-electron chi connectivity index (χ4n) is 4.80. The van der Waals surface area contributed by atoms with Gasteiger partial charge in [-0.15, -0.1) is 0 Å². The number of hydrogen-bond acceptors (Lipinski definition) is 0. The van der Waals surface area contributed by atoms with Crippen LogP contribution in [0.25, 0.3) is 0 Å². The Morgan fingerprint density at radius 1 is 0.710 bits per heavy atom. The Kier molecular flexibility index (Phi) is 15.1. The minimum Gasteiger partial charge on any atom is -1.00 e. The molecule has 2 aliphatic rings. The molecule has 2 aromatic carbocycles. The van der Waals surface area contributed by atoms with Gasteiger partial charge in [0.1, 0.15) is 0 Å². The van der Waals surface area contributed by atoms with Gasteiger partial charge in [-0.3, -0.25) is 0 Å². The maximum Gasteiger partial charge on any atom is 4.00 e. The van der Waals surface area contributed by atoms with Gasteiger partial charge in [-0.1, -0.05) is 102 Å². The van der Waals surface area contributed by atoms with Gasteiger partial charge < -0.3 is 24.8 Å². The molecule has 0 aromatic heterocycles. The van der Waals surface area contributed by atoms with E-state index >= 15 is 0 Å². The van der Waals surface area contributed by atoms with Crippen LogP contribution in [0.5, 0.6) is 0 Å². The molecule has 0 N–H and O–H groups in total. The number of unbranched alkanes of at least 4 members (excludes halogenated alkanes) is 2. The first-order valence-electron chi connectivity index (χ1n) is 12.0. The normalized spacial score (nSPS) is 17.4. The van der Waals surface area contributed by atoms with Crippen LogP contribution in [0, 0.1) is 0 Å². The fourth-order valence-corrected chi connectivity index (χ4v) is 10.8. The molecule has 31 heavy (non-hydrogen) atoms. The predicted molar refractivity (Wildman–Crippen MR) is 132 cm³/mol. The molecule has 0 amide bonds. The number of halogens is 2. The largest absolute Gasteiger partial charge is 4.00 e. The molecule has 4 rings (SSSR count). The second-order valence-corrected chi connectivity index (χ2v) is 19.4. The maximum absolute atomic E-state index is 2.55. The molecule has 5 heteroatoms. The van der Waals surface area contributed by atoms with Gasteiger partial charge >= 0.3 is 26.2 Å². The molecule has 2 saturated heterocycles. The van der Waals surface area contributed by atoms with E-state index in [1.54, 1.807) is 21.5 Å². The molecule has 2 aromatic rings. The monoisotopic (exact) mass is 570 g/mol. The molecule has 172 valence electrons. The van der Waals surface area contributed by atoms with Crippen LogP contribution in [0.15, 0.2) is 36.4 Å².